The molecule has 1 heterocycles. The van der Waals surface area contributed by atoms with Gasteiger partial charge < -0.3 is 10.0 Å². The quantitative estimate of drug-likeness (QED) is 0.766. The fraction of sp³-hybridized carbons (Fsp3) is 1.00. The first-order chi connectivity index (χ1) is 8.15. The highest BCUT2D eigenvalue weighted by atomic mass is 16.3. The Labute approximate surface area is 106 Å². The topological polar surface area (TPSA) is 23.5 Å². The standard InChI is InChI=1S/C15H29NO/c1-13-9-16(10-14(13)2)11-15(12-17)7-5-3-4-6-8-15/h13-14,17H,3-12H2,1-2H3. The summed E-state index contributed by atoms with van der Waals surface area (Å²) in [7, 11) is 0. The first kappa shape index (κ1) is 13.4. The summed E-state index contributed by atoms with van der Waals surface area (Å²) in [5.74, 6) is 1.66. The van der Waals surface area contributed by atoms with Gasteiger partial charge in [-0.1, -0.05) is 39.5 Å². The molecule has 0 bridgehead atoms. The highest BCUT2D eigenvalue weighted by Gasteiger charge is 2.35. The molecule has 2 aliphatic rings. The van der Waals surface area contributed by atoms with Gasteiger partial charge in [-0.15, -0.1) is 0 Å². The van der Waals surface area contributed by atoms with Crippen LogP contribution in [-0.2, 0) is 0 Å². The molecule has 100 valence electrons. The maximum absolute atomic E-state index is 9.83. The lowest BCUT2D eigenvalue weighted by Crippen LogP contribution is -2.39. The number of nitrogens with zero attached hydrogens (tertiary/aromatic N) is 1. The van der Waals surface area contributed by atoms with E-state index in [1.807, 2.05) is 0 Å². The average Bonchev–Trinajstić information content (AvgIpc) is 2.54. The summed E-state index contributed by atoms with van der Waals surface area (Å²) in [6, 6.07) is 0. The van der Waals surface area contributed by atoms with E-state index in [0.29, 0.717) is 6.61 Å². The number of aliphatic hydroxyl groups excluding tert-OH is 1. The van der Waals surface area contributed by atoms with Gasteiger partial charge in [-0.2, -0.15) is 0 Å². The number of rotatable bonds is 3. The Morgan fingerprint density at radius 3 is 2.00 bits per heavy atom. The Morgan fingerprint density at radius 1 is 1.00 bits per heavy atom. The zero-order valence-corrected chi connectivity index (χ0v) is 11.6. The molecule has 2 nitrogen and oxygen atoms in total. The minimum Gasteiger partial charge on any atom is -0.396 e. The van der Waals surface area contributed by atoms with E-state index in [0.717, 1.165) is 18.4 Å². The first-order valence-electron chi connectivity index (χ1n) is 7.48. The van der Waals surface area contributed by atoms with Crippen molar-refractivity contribution in [2.24, 2.45) is 17.3 Å². The van der Waals surface area contributed by atoms with Crippen LogP contribution in [-0.4, -0.2) is 36.2 Å². The lowest BCUT2D eigenvalue weighted by molar-refractivity contribution is 0.0662. The van der Waals surface area contributed by atoms with E-state index >= 15 is 0 Å². The van der Waals surface area contributed by atoms with E-state index in [9.17, 15) is 5.11 Å². The largest absolute Gasteiger partial charge is 0.396 e. The van der Waals surface area contributed by atoms with Crippen molar-refractivity contribution >= 4 is 0 Å². The SMILES string of the molecule is CC1CN(CC2(CO)CCCCCC2)CC1C. The molecule has 0 aromatic heterocycles. The van der Waals surface area contributed by atoms with E-state index in [4.69, 9.17) is 0 Å². The van der Waals surface area contributed by atoms with Crippen LogP contribution in [0.15, 0.2) is 0 Å². The summed E-state index contributed by atoms with van der Waals surface area (Å²) >= 11 is 0. The van der Waals surface area contributed by atoms with Gasteiger partial charge in [-0.3, -0.25) is 0 Å². The molecular formula is C15H29NO. The summed E-state index contributed by atoms with van der Waals surface area (Å²) in [4.78, 5) is 2.61. The minimum absolute atomic E-state index is 0.222. The van der Waals surface area contributed by atoms with Crippen LogP contribution in [0.25, 0.3) is 0 Å². The third-order valence-corrected chi connectivity index (χ3v) is 5.12. The van der Waals surface area contributed by atoms with E-state index in [-0.39, 0.29) is 5.41 Å². The van der Waals surface area contributed by atoms with Gasteiger partial charge in [-0.05, 0) is 24.7 Å². The third kappa shape index (κ3) is 3.23. The predicted molar refractivity (Wildman–Crippen MR) is 72.0 cm³/mol. The molecule has 2 fully saturated rings. The Bertz CT molecular complexity index is 223. The van der Waals surface area contributed by atoms with Crippen molar-refractivity contribution in [3.63, 3.8) is 0 Å². The monoisotopic (exact) mass is 239 g/mol. The van der Waals surface area contributed by atoms with Crippen molar-refractivity contribution in [3.05, 3.63) is 0 Å². The van der Waals surface area contributed by atoms with Gasteiger partial charge in [0.05, 0.1) is 0 Å². The van der Waals surface area contributed by atoms with Gasteiger partial charge in [0.2, 0.25) is 0 Å². The smallest absolute Gasteiger partial charge is 0.0499 e. The summed E-state index contributed by atoms with van der Waals surface area (Å²) in [5.41, 5.74) is 0.222. The molecule has 1 saturated heterocycles. The second kappa shape index (κ2) is 5.71. The predicted octanol–water partition coefficient (Wildman–Crippen LogP) is 2.91. The second-order valence-corrected chi connectivity index (χ2v) is 6.72. The highest BCUT2D eigenvalue weighted by molar-refractivity contribution is 4.88. The van der Waals surface area contributed by atoms with E-state index in [2.05, 4.69) is 18.7 Å². The molecule has 1 N–H and O–H groups in total. The maximum atomic E-state index is 9.83. The van der Waals surface area contributed by atoms with Gasteiger partial charge in [0.15, 0.2) is 0 Å². The summed E-state index contributed by atoms with van der Waals surface area (Å²) in [5, 5.41) is 9.83. The third-order valence-electron chi connectivity index (χ3n) is 5.12. The molecule has 0 radical (unpaired) electrons. The maximum Gasteiger partial charge on any atom is 0.0499 e. The minimum atomic E-state index is 0.222. The van der Waals surface area contributed by atoms with Crippen molar-refractivity contribution in [1.82, 2.24) is 4.90 Å². The van der Waals surface area contributed by atoms with Crippen LogP contribution in [0.3, 0.4) is 0 Å². The molecule has 0 spiro atoms. The van der Waals surface area contributed by atoms with Gasteiger partial charge in [0.1, 0.15) is 0 Å². The van der Waals surface area contributed by atoms with Gasteiger partial charge >= 0.3 is 0 Å². The number of hydrogen-bond acceptors (Lipinski definition) is 2. The number of hydrogen-bond donors (Lipinski definition) is 1. The first-order valence-corrected chi connectivity index (χ1v) is 7.48. The molecule has 1 saturated carbocycles. The summed E-state index contributed by atoms with van der Waals surface area (Å²) in [6.07, 6.45) is 7.85. The second-order valence-electron chi connectivity index (χ2n) is 6.72. The van der Waals surface area contributed by atoms with Crippen LogP contribution in [0.1, 0.15) is 52.4 Å². The average molecular weight is 239 g/mol. The Hall–Kier alpha value is -0.0800. The van der Waals surface area contributed by atoms with Crippen LogP contribution >= 0.6 is 0 Å². The summed E-state index contributed by atoms with van der Waals surface area (Å²) < 4.78 is 0. The molecule has 2 rings (SSSR count). The van der Waals surface area contributed by atoms with E-state index in [1.54, 1.807) is 0 Å². The lowest BCUT2D eigenvalue weighted by atomic mass is 9.80. The summed E-state index contributed by atoms with van der Waals surface area (Å²) in [6.45, 7) is 8.74. The van der Waals surface area contributed by atoms with E-state index < -0.39 is 0 Å². The van der Waals surface area contributed by atoms with Crippen molar-refractivity contribution in [2.45, 2.75) is 52.4 Å². The Balaban J connectivity index is 1.94. The van der Waals surface area contributed by atoms with Crippen LogP contribution < -0.4 is 0 Å². The van der Waals surface area contributed by atoms with Crippen LogP contribution in [0.4, 0.5) is 0 Å². The van der Waals surface area contributed by atoms with Crippen LogP contribution in [0.2, 0.25) is 0 Å². The number of aliphatic hydroxyl groups is 1. The van der Waals surface area contributed by atoms with Gasteiger partial charge in [0, 0.05) is 31.7 Å². The fourth-order valence-electron chi connectivity index (χ4n) is 3.70. The molecule has 17 heavy (non-hydrogen) atoms. The molecule has 0 aromatic rings. The molecule has 0 aromatic carbocycles. The Morgan fingerprint density at radius 2 is 1.53 bits per heavy atom. The molecule has 1 aliphatic heterocycles. The van der Waals surface area contributed by atoms with E-state index in [1.165, 1.54) is 51.6 Å². The molecular weight excluding hydrogens is 210 g/mol. The molecule has 1 aliphatic carbocycles. The van der Waals surface area contributed by atoms with Crippen LogP contribution in [0, 0.1) is 17.3 Å². The zero-order chi connectivity index (χ0) is 12.3. The van der Waals surface area contributed by atoms with Crippen molar-refractivity contribution in [1.29, 1.82) is 0 Å². The normalized spacial score (nSPS) is 34.8. The van der Waals surface area contributed by atoms with Gasteiger partial charge in [0.25, 0.3) is 0 Å². The lowest BCUT2D eigenvalue weighted by Gasteiger charge is -2.35. The molecule has 2 heteroatoms. The zero-order valence-electron chi connectivity index (χ0n) is 11.6. The van der Waals surface area contributed by atoms with Crippen molar-refractivity contribution < 1.29 is 5.11 Å². The van der Waals surface area contributed by atoms with Crippen LogP contribution in [0.5, 0.6) is 0 Å². The fourth-order valence-corrected chi connectivity index (χ4v) is 3.70. The molecule has 2 atom stereocenters. The molecule has 0 amide bonds. The van der Waals surface area contributed by atoms with Gasteiger partial charge in [-0.25, -0.2) is 0 Å². The highest BCUT2D eigenvalue weighted by Crippen LogP contribution is 2.37. The van der Waals surface area contributed by atoms with Crippen molar-refractivity contribution in [2.75, 3.05) is 26.2 Å². The number of likely N-dealkylation sites (tertiary alicyclic amines) is 1. The van der Waals surface area contributed by atoms with Crippen molar-refractivity contribution in [3.8, 4) is 0 Å². The molecule has 2 unspecified atom stereocenters. The Kier molecular flexibility index (Phi) is 4.48.